The lowest BCUT2D eigenvalue weighted by Gasteiger charge is -2.11. The summed E-state index contributed by atoms with van der Waals surface area (Å²) in [4.78, 5) is 4.28. The number of methoxy groups -OCH3 is 1. The van der Waals surface area contributed by atoms with E-state index in [1.807, 2.05) is 47.3 Å². The van der Waals surface area contributed by atoms with Crippen LogP contribution < -0.4 is 15.4 Å². The van der Waals surface area contributed by atoms with Crippen molar-refractivity contribution in [1.29, 1.82) is 0 Å². The first-order chi connectivity index (χ1) is 13.8. The van der Waals surface area contributed by atoms with Crippen LogP contribution in [0.5, 0.6) is 5.75 Å². The van der Waals surface area contributed by atoms with E-state index >= 15 is 0 Å². The Morgan fingerprint density at radius 1 is 1.03 bits per heavy atom. The van der Waals surface area contributed by atoms with Gasteiger partial charge in [0.15, 0.2) is 5.96 Å². The average Bonchev–Trinajstić information content (AvgIpc) is 3.23. The van der Waals surface area contributed by atoms with Crippen molar-refractivity contribution in [3.8, 4) is 11.4 Å². The van der Waals surface area contributed by atoms with Gasteiger partial charge < -0.3 is 15.4 Å². The molecule has 29 heavy (non-hydrogen) atoms. The highest BCUT2D eigenvalue weighted by Crippen LogP contribution is 2.14. The molecular formula is C22H28IN5O. The number of rotatable bonds is 8. The van der Waals surface area contributed by atoms with E-state index in [0.717, 1.165) is 42.5 Å². The van der Waals surface area contributed by atoms with Gasteiger partial charge in [-0.25, -0.2) is 4.68 Å². The van der Waals surface area contributed by atoms with E-state index in [1.54, 1.807) is 14.2 Å². The van der Waals surface area contributed by atoms with Crippen LogP contribution in [0.3, 0.4) is 0 Å². The highest BCUT2D eigenvalue weighted by Gasteiger charge is 2.04. The van der Waals surface area contributed by atoms with Crippen molar-refractivity contribution in [1.82, 2.24) is 20.4 Å². The number of hydrogen-bond donors (Lipinski definition) is 2. The van der Waals surface area contributed by atoms with E-state index in [4.69, 9.17) is 4.74 Å². The molecule has 0 amide bonds. The second-order valence-corrected chi connectivity index (χ2v) is 6.39. The van der Waals surface area contributed by atoms with Crippen molar-refractivity contribution < 1.29 is 4.74 Å². The third-order valence-corrected chi connectivity index (χ3v) is 4.42. The van der Waals surface area contributed by atoms with Gasteiger partial charge in [-0.1, -0.05) is 30.3 Å². The largest absolute Gasteiger partial charge is 0.497 e. The van der Waals surface area contributed by atoms with Gasteiger partial charge in [0.2, 0.25) is 0 Å². The number of hydrogen-bond acceptors (Lipinski definition) is 3. The molecule has 2 N–H and O–H groups in total. The highest BCUT2D eigenvalue weighted by molar-refractivity contribution is 14.0. The average molecular weight is 505 g/mol. The quantitative estimate of drug-likeness (QED) is 0.212. The molecular weight excluding hydrogens is 477 g/mol. The Balaban J connectivity index is 0.00000300. The van der Waals surface area contributed by atoms with Crippen LogP contribution in [0.15, 0.2) is 71.9 Å². The number of nitrogens with zero attached hydrogens (tertiary/aromatic N) is 3. The molecule has 0 spiro atoms. The first kappa shape index (κ1) is 22.7. The number of aromatic nitrogens is 2. The number of aliphatic imine (C=N–C) groups is 1. The van der Waals surface area contributed by atoms with E-state index in [0.29, 0.717) is 6.54 Å². The van der Waals surface area contributed by atoms with Crippen molar-refractivity contribution in [2.75, 3.05) is 20.7 Å². The van der Waals surface area contributed by atoms with Gasteiger partial charge in [0.25, 0.3) is 0 Å². The van der Waals surface area contributed by atoms with Gasteiger partial charge >= 0.3 is 0 Å². The second-order valence-electron chi connectivity index (χ2n) is 6.39. The maximum absolute atomic E-state index is 5.19. The summed E-state index contributed by atoms with van der Waals surface area (Å²) < 4.78 is 7.05. The maximum Gasteiger partial charge on any atom is 0.191 e. The molecule has 0 atom stereocenters. The summed E-state index contributed by atoms with van der Waals surface area (Å²) in [5.41, 5.74) is 3.30. The molecule has 1 aromatic heterocycles. The molecule has 2 aromatic carbocycles. The van der Waals surface area contributed by atoms with Crippen molar-refractivity contribution in [2.45, 2.75) is 19.4 Å². The molecule has 3 aromatic rings. The molecule has 0 aliphatic rings. The Bertz CT molecular complexity index is 878. The standard InChI is InChI=1S/C22H27N5O.HI/c1-23-22(24-15-6-9-18-7-4-3-5-8-18)25-17-19-14-16-27(26-19)20-10-12-21(28-2)13-11-20;/h3-5,7-8,10-14,16H,6,9,15,17H2,1-2H3,(H2,23,24,25);1H. The number of guanidine groups is 1. The fourth-order valence-electron chi connectivity index (χ4n) is 2.87. The van der Waals surface area contributed by atoms with E-state index in [-0.39, 0.29) is 24.0 Å². The van der Waals surface area contributed by atoms with E-state index in [1.165, 1.54) is 5.56 Å². The van der Waals surface area contributed by atoms with Gasteiger partial charge in [0.05, 0.1) is 25.0 Å². The molecule has 7 heteroatoms. The third-order valence-electron chi connectivity index (χ3n) is 4.42. The SMILES string of the molecule is CN=C(NCCCc1ccccc1)NCc1ccn(-c2ccc(OC)cc2)n1.I. The zero-order chi connectivity index (χ0) is 19.6. The number of halogens is 1. The molecule has 1 heterocycles. The van der Waals surface area contributed by atoms with Crippen LogP contribution in [0.25, 0.3) is 5.69 Å². The fraction of sp³-hybridized carbons (Fsp3) is 0.273. The summed E-state index contributed by atoms with van der Waals surface area (Å²) in [6.45, 7) is 1.48. The van der Waals surface area contributed by atoms with Gasteiger partial charge in [-0.15, -0.1) is 24.0 Å². The molecule has 0 bridgehead atoms. The monoisotopic (exact) mass is 505 g/mol. The number of ether oxygens (including phenoxy) is 1. The van der Waals surface area contributed by atoms with Crippen LogP contribution in [0.2, 0.25) is 0 Å². The van der Waals surface area contributed by atoms with Crippen LogP contribution in [-0.2, 0) is 13.0 Å². The lowest BCUT2D eigenvalue weighted by molar-refractivity contribution is 0.414. The number of aryl methyl sites for hydroxylation is 1. The van der Waals surface area contributed by atoms with E-state index in [2.05, 4.69) is 45.0 Å². The lowest BCUT2D eigenvalue weighted by Crippen LogP contribution is -2.37. The van der Waals surface area contributed by atoms with Crippen molar-refractivity contribution in [3.05, 3.63) is 78.1 Å². The zero-order valence-corrected chi connectivity index (χ0v) is 19.2. The minimum Gasteiger partial charge on any atom is -0.497 e. The van der Waals surface area contributed by atoms with Crippen LogP contribution in [-0.4, -0.2) is 36.4 Å². The van der Waals surface area contributed by atoms with Crippen LogP contribution in [0.4, 0.5) is 0 Å². The van der Waals surface area contributed by atoms with Gasteiger partial charge in [0, 0.05) is 19.8 Å². The number of benzene rings is 2. The summed E-state index contributed by atoms with van der Waals surface area (Å²) in [5.74, 6) is 1.62. The predicted octanol–water partition coefficient (Wildman–Crippen LogP) is 3.80. The lowest BCUT2D eigenvalue weighted by atomic mass is 10.1. The van der Waals surface area contributed by atoms with Crippen LogP contribution in [0.1, 0.15) is 17.7 Å². The van der Waals surface area contributed by atoms with Crippen LogP contribution >= 0.6 is 24.0 Å². The van der Waals surface area contributed by atoms with Crippen molar-refractivity contribution in [3.63, 3.8) is 0 Å². The molecule has 0 aliphatic carbocycles. The highest BCUT2D eigenvalue weighted by atomic mass is 127. The molecule has 3 rings (SSSR count). The second kappa shape index (κ2) is 12.1. The summed E-state index contributed by atoms with van der Waals surface area (Å²) in [7, 11) is 3.44. The van der Waals surface area contributed by atoms with Gasteiger partial charge in [-0.3, -0.25) is 4.99 Å². The Kier molecular flexibility index (Phi) is 9.49. The Morgan fingerprint density at radius 2 is 1.79 bits per heavy atom. The topological polar surface area (TPSA) is 63.5 Å². The number of nitrogens with one attached hydrogen (secondary N) is 2. The molecule has 0 radical (unpaired) electrons. The molecule has 154 valence electrons. The minimum absolute atomic E-state index is 0. The molecule has 0 aliphatic heterocycles. The van der Waals surface area contributed by atoms with Gasteiger partial charge in [0.1, 0.15) is 5.75 Å². The first-order valence-corrected chi connectivity index (χ1v) is 9.46. The Hall–Kier alpha value is -2.55. The summed E-state index contributed by atoms with van der Waals surface area (Å²) in [5, 5.41) is 11.3. The van der Waals surface area contributed by atoms with Crippen molar-refractivity contribution in [2.24, 2.45) is 4.99 Å². The Labute approximate surface area is 189 Å². The van der Waals surface area contributed by atoms with Gasteiger partial charge in [-0.2, -0.15) is 5.10 Å². The van der Waals surface area contributed by atoms with Gasteiger partial charge in [-0.05, 0) is 48.7 Å². The minimum atomic E-state index is 0. The molecule has 0 saturated heterocycles. The maximum atomic E-state index is 5.19. The first-order valence-electron chi connectivity index (χ1n) is 9.46. The molecule has 0 unspecified atom stereocenters. The summed E-state index contributed by atoms with van der Waals surface area (Å²) in [6.07, 6.45) is 4.06. The van der Waals surface area contributed by atoms with Crippen molar-refractivity contribution >= 4 is 29.9 Å². The smallest absolute Gasteiger partial charge is 0.191 e. The van der Waals surface area contributed by atoms with Crippen LogP contribution in [0, 0.1) is 0 Å². The molecule has 6 nitrogen and oxygen atoms in total. The summed E-state index contributed by atoms with van der Waals surface area (Å²) in [6, 6.07) is 20.3. The fourth-order valence-corrected chi connectivity index (χ4v) is 2.87. The van der Waals surface area contributed by atoms with E-state index < -0.39 is 0 Å². The third kappa shape index (κ3) is 7.08. The normalized spacial score (nSPS) is 10.9. The Morgan fingerprint density at radius 3 is 2.48 bits per heavy atom. The van der Waals surface area contributed by atoms with E-state index in [9.17, 15) is 0 Å². The summed E-state index contributed by atoms with van der Waals surface area (Å²) >= 11 is 0. The predicted molar refractivity (Wildman–Crippen MR) is 128 cm³/mol. The molecule has 0 fully saturated rings. The molecule has 0 saturated carbocycles. The zero-order valence-electron chi connectivity index (χ0n) is 16.8.